The fourth-order valence-electron chi connectivity index (χ4n) is 1.90. The van der Waals surface area contributed by atoms with Crippen LogP contribution < -0.4 is 0 Å². The molecule has 1 saturated carbocycles. The van der Waals surface area contributed by atoms with Crippen molar-refractivity contribution in [1.29, 1.82) is 0 Å². The van der Waals surface area contributed by atoms with Crippen LogP contribution in [0.1, 0.15) is 36.8 Å². The van der Waals surface area contributed by atoms with Crippen LogP contribution in [-0.4, -0.2) is 5.11 Å². The molecule has 1 atom stereocenters. The van der Waals surface area contributed by atoms with Crippen molar-refractivity contribution < 1.29 is 9.50 Å². The van der Waals surface area contributed by atoms with Crippen LogP contribution in [0.5, 0.6) is 5.75 Å². The van der Waals surface area contributed by atoms with E-state index in [0.717, 1.165) is 5.56 Å². The Hall–Kier alpha value is -1.05. The van der Waals surface area contributed by atoms with Crippen LogP contribution in [0.4, 0.5) is 4.39 Å². The van der Waals surface area contributed by atoms with E-state index < -0.39 is 0 Å². The van der Waals surface area contributed by atoms with Crippen LogP contribution in [0.2, 0.25) is 0 Å². The van der Waals surface area contributed by atoms with Crippen LogP contribution in [0.15, 0.2) is 12.1 Å². The summed E-state index contributed by atoms with van der Waals surface area (Å²) in [6.07, 6.45) is 2.42. The number of aromatic hydroxyl groups is 1. The van der Waals surface area contributed by atoms with E-state index in [1.807, 2.05) is 0 Å². The van der Waals surface area contributed by atoms with Crippen molar-refractivity contribution in [3.8, 4) is 5.75 Å². The van der Waals surface area contributed by atoms with Crippen molar-refractivity contribution >= 4 is 0 Å². The zero-order valence-corrected chi connectivity index (χ0v) is 8.55. The van der Waals surface area contributed by atoms with Gasteiger partial charge >= 0.3 is 0 Å². The lowest BCUT2D eigenvalue weighted by molar-refractivity contribution is 0.459. The highest BCUT2D eigenvalue weighted by Crippen LogP contribution is 2.43. The van der Waals surface area contributed by atoms with Gasteiger partial charge in [-0.1, -0.05) is 13.0 Å². The number of hydrogen-bond donors (Lipinski definition) is 1. The van der Waals surface area contributed by atoms with E-state index in [0.29, 0.717) is 11.5 Å². The van der Waals surface area contributed by atoms with Gasteiger partial charge in [-0.2, -0.15) is 0 Å². The molecular weight excluding hydrogens is 179 g/mol. The number of halogens is 1. The minimum atomic E-state index is -0.232. The Labute approximate surface area is 83.6 Å². The third kappa shape index (κ3) is 1.49. The second kappa shape index (κ2) is 3.26. The maximum absolute atomic E-state index is 13.7. The Balaban J connectivity index is 2.38. The zero-order chi connectivity index (χ0) is 10.3. The maximum atomic E-state index is 13.7. The number of rotatable bonds is 2. The number of phenols is 1. The van der Waals surface area contributed by atoms with Crippen LogP contribution in [0, 0.1) is 18.7 Å². The molecule has 1 aromatic rings. The second-order valence-electron chi connectivity index (χ2n) is 4.24. The minimum absolute atomic E-state index is 0.0502. The largest absolute Gasteiger partial charge is 0.508 e. The molecule has 0 heterocycles. The van der Waals surface area contributed by atoms with E-state index in [-0.39, 0.29) is 17.5 Å². The Bertz CT molecular complexity index is 356. The normalized spacial score (nSPS) is 18.2. The first-order chi connectivity index (χ1) is 6.61. The fourth-order valence-corrected chi connectivity index (χ4v) is 1.90. The van der Waals surface area contributed by atoms with Gasteiger partial charge in [0, 0.05) is 5.56 Å². The Morgan fingerprint density at radius 2 is 2.07 bits per heavy atom. The van der Waals surface area contributed by atoms with Crippen LogP contribution in [-0.2, 0) is 0 Å². The SMILES string of the molecule is Cc1c(O)ccc(C(C)C2CC2)c1F. The lowest BCUT2D eigenvalue weighted by Gasteiger charge is -2.13. The highest BCUT2D eigenvalue weighted by Gasteiger charge is 2.30. The van der Waals surface area contributed by atoms with E-state index in [2.05, 4.69) is 6.92 Å². The molecule has 0 amide bonds. The lowest BCUT2D eigenvalue weighted by Crippen LogP contribution is -2.01. The second-order valence-corrected chi connectivity index (χ2v) is 4.24. The molecule has 1 fully saturated rings. The molecule has 1 nitrogen and oxygen atoms in total. The molecule has 0 aliphatic heterocycles. The summed E-state index contributed by atoms with van der Waals surface area (Å²) in [4.78, 5) is 0. The molecule has 1 unspecified atom stereocenters. The molecule has 14 heavy (non-hydrogen) atoms. The summed E-state index contributed by atoms with van der Waals surface area (Å²) in [5.74, 6) is 0.751. The van der Waals surface area contributed by atoms with Crippen molar-refractivity contribution in [3.63, 3.8) is 0 Å². The quantitative estimate of drug-likeness (QED) is 0.765. The Kier molecular flexibility index (Phi) is 2.22. The van der Waals surface area contributed by atoms with Gasteiger partial charge in [-0.15, -0.1) is 0 Å². The van der Waals surface area contributed by atoms with Crippen molar-refractivity contribution in [1.82, 2.24) is 0 Å². The van der Waals surface area contributed by atoms with Gasteiger partial charge < -0.3 is 5.11 Å². The summed E-state index contributed by atoms with van der Waals surface area (Å²) < 4.78 is 13.7. The third-order valence-corrected chi connectivity index (χ3v) is 3.21. The van der Waals surface area contributed by atoms with Crippen LogP contribution >= 0.6 is 0 Å². The minimum Gasteiger partial charge on any atom is -0.508 e. The highest BCUT2D eigenvalue weighted by molar-refractivity contribution is 5.38. The molecule has 1 aliphatic carbocycles. The van der Waals surface area contributed by atoms with Gasteiger partial charge in [-0.05, 0) is 43.2 Å². The summed E-state index contributed by atoms with van der Waals surface area (Å²) in [5.41, 5.74) is 1.12. The smallest absolute Gasteiger partial charge is 0.133 e. The summed E-state index contributed by atoms with van der Waals surface area (Å²) in [6.45, 7) is 3.68. The van der Waals surface area contributed by atoms with Crippen molar-refractivity contribution in [3.05, 3.63) is 29.1 Å². The average molecular weight is 194 g/mol. The maximum Gasteiger partial charge on any atom is 0.133 e. The Morgan fingerprint density at radius 3 is 2.64 bits per heavy atom. The van der Waals surface area contributed by atoms with Gasteiger partial charge in [-0.3, -0.25) is 0 Å². The molecule has 0 spiro atoms. The molecule has 0 saturated heterocycles. The van der Waals surface area contributed by atoms with Gasteiger partial charge in [0.25, 0.3) is 0 Å². The summed E-state index contributed by atoms with van der Waals surface area (Å²) in [5, 5.41) is 9.32. The van der Waals surface area contributed by atoms with Gasteiger partial charge in [0.1, 0.15) is 11.6 Å². The zero-order valence-electron chi connectivity index (χ0n) is 8.55. The molecule has 2 heteroatoms. The number of hydrogen-bond acceptors (Lipinski definition) is 1. The van der Waals surface area contributed by atoms with Gasteiger partial charge in [0.2, 0.25) is 0 Å². The van der Waals surface area contributed by atoms with Crippen LogP contribution in [0.25, 0.3) is 0 Å². The van der Waals surface area contributed by atoms with E-state index >= 15 is 0 Å². The van der Waals surface area contributed by atoms with E-state index in [9.17, 15) is 9.50 Å². The van der Waals surface area contributed by atoms with Crippen molar-refractivity contribution in [2.75, 3.05) is 0 Å². The van der Waals surface area contributed by atoms with Crippen LogP contribution in [0.3, 0.4) is 0 Å². The molecule has 0 aromatic heterocycles. The van der Waals surface area contributed by atoms with E-state index in [4.69, 9.17) is 0 Å². The fraction of sp³-hybridized carbons (Fsp3) is 0.500. The average Bonchev–Trinajstić information content (AvgIpc) is 2.97. The van der Waals surface area contributed by atoms with Gasteiger partial charge in [0.05, 0.1) is 0 Å². The molecule has 1 aliphatic rings. The number of phenolic OH excluding ortho intramolecular Hbond substituents is 1. The predicted molar refractivity (Wildman–Crippen MR) is 53.9 cm³/mol. The van der Waals surface area contributed by atoms with Gasteiger partial charge in [0.15, 0.2) is 0 Å². The van der Waals surface area contributed by atoms with Crippen molar-refractivity contribution in [2.45, 2.75) is 32.6 Å². The summed E-state index contributed by atoms with van der Waals surface area (Å²) in [7, 11) is 0. The molecular formula is C12H15FO. The lowest BCUT2D eigenvalue weighted by atomic mass is 9.94. The topological polar surface area (TPSA) is 20.2 Å². The first kappa shape index (κ1) is 9.50. The third-order valence-electron chi connectivity index (χ3n) is 3.21. The van der Waals surface area contributed by atoms with E-state index in [1.54, 1.807) is 19.1 Å². The first-order valence-corrected chi connectivity index (χ1v) is 5.09. The van der Waals surface area contributed by atoms with E-state index in [1.165, 1.54) is 12.8 Å². The molecule has 2 rings (SSSR count). The monoisotopic (exact) mass is 194 g/mol. The predicted octanol–water partition coefficient (Wildman–Crippen LogP) is 3.35. The van der Waals surface area contributed by atoms with Gasteiger partial charge in [-0.25, -0.2) is 4.39 Å². The standard InChI is InChI=1S/C12H15FO/c1-7(9-3-4-9)10-5-6-11(14)8(2)12(10)13/h5-7,9,14H,3-4H2,1-2H3. The van der Waals surface area contributed by atoms with Crippen molar-refractivity contribution in [2.24, 2.45) is 5.92 Å². The molecule has 0 radical (unpaired) electrons. The number of benzene rings is 1. The molecule has 76 valence electrons. The molecule has 1 aromatic carbocycles. The summed E-state index contributed by atoms with van der Waals surface area (Å²) >= 11 is 0. The highest BCUT2D eigenvalue weighted by atomic mass is 19.1. The Morgan fingerprint density at radius 1 is 1.43 bits per heavy atom. The summed E-state index contributed by atoms with van der Waals surface area (Å²) in [6, 6.07) is 3.30. The molecule has 1 N–H and O–H groups in total. The first-order valence-electron chi connectivity index (χ1n) is 5.09. The molecule has 0 bridgehead atoms.